The molecular formula is C16H21NO2. The highest BCUT2D eigenvalue weighted by Crippen LogP contribution is 2.50. The lowest BCUT2D eigenvalue weighted by molar-refractivity contribution is -0.168. The molecule has 1 N–H and O–H groups in total. The first-order chi connectivity index (χ1) is 8.97. The van der Waals surface area contributed by atoms with E-state index in [1.165, 1.54) is 18.2 Å². The summed E-state index contributed by atoms with van der Waals surface area (Å²) in [6.45, 7) is 6.54. The minimum Gasteiger partial charge on any atom is -0.506 e. The lowest BCUT2D eigenvalue weighted by atomic mass is 9.69. The lowest BCUT2D eigenvalue weighted by Gasteiger charge is -2.49. The summed E-state index contributed by atoms with van der Waals surface area (Å²) in [5.74, 6) is 1.21. The van der Waals surface area contributed by atoms with Crippen LogP contribution in [0.3, 0.4) is 0 Å². The van der Waals surface area contributed by atoms with Gasteiger partial charge in [-0.1, -0.05) is 11.6 Å². The van der Waals surface area contributed by atoms with Crippen molar-refractivity contribution in [2.24, 2.45) is 11.8 Å². The number of aromatic hydroxyl groups is 1. The zero-order chi connectivity index (χ0) is 13.6. The second kappa shape index (κ2) is 4.34. The quantitative estimate of drug-likeness (QED) is 0.783. The first kappa shape index (κ1) is 12.7. The first-order valence-corrected chi connectivity index (χ1v) is 6.97. The molecule has 19 heavy (non-hydrogen) atoms. The van der Waals surface area contributed by atoms with Crippen molar-refractivity contribution in [1.29, 1.82) is 0 Å². The van der Waals surface area contributed by atoms with Crippen LogP contribution >= 0.6 is 0 Å². The number of fused-ring (bicyclic) bond motifs is 2. The molecule has 0 radical (unpaired) electrons. The van der Waals surface area contributed by atoms with Gasteiger partial charge in [-0.3, -0.25) is 4.98 Å². The van der Waals surface area contributed by atoms with E-state index in [0.717, 1.165) is 12.1 Å². The molecule has 3 heteroatoms. The maximum Gasteiger partial charge on any atom is 0.133 e. The number of hydrogen-bond donors (Lipinski definition) is 1. The Morgan fingerprint density at radius 2 is 2.16 bits per heavy atom. The number of aromatic nitrogens is 1. The van der Waals surface area contributed by atoms with E-state index in [1.54, 1.807) is 6.07 Å². The monoisotopic (exact) mass is 259 g/mol. The van der Waals surface area contributed by atoms with Crippen LogP contribution in [0.4, 0.5) is 0 Å². The minimum absolute atomic E-state index is 0.00315. The third-order valence-corrected chi connectivity index (χ3v) is 4.69. The highest BCUT2D eigenvalue weighted by Gasteiger charge is 2.45. The van der Waals surface area contributed by atoms with Crippen LogP contribution in [0.15, 0.2) is 30.0 Å². The average molecular weight is 259 g/mol. The van der Waals surface area contributed by atoms with E-state index >= 15 is 0 Å². The van der Waals surface area contributed by atoms with Gasteiger partial charge in [-0.15, -0.1) is 0 Å². The Kier molecular flexibility index (Phi) is 2.90. The van der Waals surface area contributed by atoms with E-state index in [-0.39, 0.29) is 17.5 Å². The van der Waals surface area contributed by atoms with Gasteiger partial charge in [0.15, 0.2) is 0 Å². The summed E-state index contributed by atoms with van der Waals surface area (Å²) in [5.41, 5.74) is 2.22. The Hall–Kier alpha value is -1.35. The van der Waals surface area contributed by atoms with Gasteiger partial charge in [-0.05, 0) is 51.7 Å². The molecule has 2 aliphatic rings. The number of hydrogen-bond acceptors (Lipinski definition) is 3. The molecule has 1 aliphatic heterocycles. The average Bonchev–Trinajstić information content (AvgIpc) is 2.37. The molecule has 102 valence electrons. The fraction of sp³-hybridized carbons (Fsp3) is 0.562. The fourth-order valence-corrected chi connectivity index (χ4v) is 3.34. The van der Waals surface area contributed by atoms with Gasteiger partial charge in [-0.25, -0.2) is 0 Å². The largest absolute Gasteiger partial charge is 0.506 e. The Balaban J connectivity index is 1.97. The van der Waals surface area contributed by atoms with Gasteiger partial charge in [0, 0.05) is 5.92 Å². The Bertz CT molecular complexity index is 504. The maximum absolute atomic E-state index is 9.37. The molecule has 3 rings (SSSR count). The van der Waals surface area contributed by atoms with Gasteiger partial charge in [0.05, 0.1) is 17.5 Å². The van der Waals surface area contributed by atoms with E-state index in [2.05, 4.69) is 31.8 Å². The third kappa shape index (κ3) is 2.16. The molecule has 1 saturated heterocycles. The van der Waals surface area contributed by atoms with Crippen LogP contribution in [-0.2, 0) is 4.74 Å². The number of rotatable bonds is 1. The molecule has 2 bridgehead atoms. The van der Waals surface area contributed by atoms with Crippen LogP contribution < -0.4 is 0 Å². The number of nitrogens with zero attached hydrogens (tertiary/aromatic N) is 1. The van der Waals surface area contributed by atoms with E-state index in [4.69, 9.17) is 4.74 Å². The molecule has 0 amide bonds. The normalized spacial score (nSPS) is 32.8. The molecule has 0 spiro atoms. The molecule has 1 aromatic rings. The Labute approximate surface area is 114 Å². The summed E-state index contributed by atoms with van der Waals surface area (Å²) in [6.07, 6.45) is 6.15. The van der Waals surface area contributed by atoms with Gasteiger partial charge in [0.25, 0.3) is 0 Å². The number of allylic oxidation sites excluding steroid dienone is 1. The van der Waals surface area contributed by atoms with Gasteiger partial charge >= 0.3 is 0 Å². The van der Waals surface area contributed by atoms with Crippen LogP contribution in [0.1, 0.15) is 45.4 Å². The Morgan fingerprint density at radius 3 is 2.84 bits per heavy atom. The summed E-state index contributed by atoms with van der Waals surface area (Å²) in [5, 5.41) is 9.37. The summed E-state index contributed by atoms with van der Waals surface area (Å²) in [6, 6.07) is 3.56. The molecular weight excluding hydrogens is 238 g/mol. The zero-order valence-corrected chi connectivity index (χ0v) is 11.8. The predicted molar refractivity (Wildman–Crippen MR) is 73.8 cm³/mol. The van der Waals surface area contributed by atoms with Crippen molar-refractivity contribution in [1.82, 2.24) is 4.98 Å². The van der Waals surface area contributed by atoms with Crippen LogP contribution in [0.5, 0.6) is 5.75 Å². The second-order valence-electron chi connectivity index (χ2n) is 6.31. The van der Waals surface area contributed by atoms with Crippen molar-refractivity contribution in [3.05, 3.63) is 35.7 Å². The van der Waals surface area contributed by atoms with E-state index in [0.29, 0.717) is 11.8 Å². The van der Waals surface area contributed by atoms with Crippen molar-refractivity contribution in [2.75, 3.05) is 0 Å². The summed E-state index contributed by atoms with van der Waals surface area (Å²) < 4.78 is 6.35. The van der Waals surface area contributed by atoms with Gasteiger partial charge in [-0.2, -0.15) is 0 Å². The molecule has 1 fully saturated rings. The van der Waals surface area contributed by atoms with E-state index in [9.17, 15) is 5.11 Å². The molecule has 0 aromatic carbocycles. The third-order valence-electron chi connectivity index (χ3n) is 4.69. The molecule has 2 heterocycles. The van der Waals surface area contributed by atoms with Crippen LogP contribution in [0.25, 0.3) is 0 Å². The van der Waals surface area contributed by atoms with Crippen LogP contribution in [-0.4, -0.2) is 15.7 Å². The number of pyridine rings is 1. The summed E-state index contributed by atoms with van der Waals surface area (Å²) in [4.78, 5) is 4.35. The SMILES string of the molecule is CC1=CCC2CC1C(c1ccc(O)cn1)OC2(C)C. The predicted octanol–water partition coefficient (Wildman–Crippen LogP) is 3.61. The minimum atomic E-state index is -0.113. The molecule has 1 aliphatic carbocycles. The topological polar surface area (TPSA) is 42.4 Å². The highest BCUT2D eigenvalue weighted by atomic mass is 16.5. The first-order valence-electron chi connectivity index (χ1n) is 6.97. The standard InChI is InChI=1S/C16H21NO2/c1-10-4-5-11-8-13(10)15(19-16(11,2)3)14-7-6-12(18)9-17-14/h4,6-7,9,11,13,15,18H,5,8H2,1-3H3. The van der Waals surface area contributed by atoms with E-state index in [1.807, 2.05) is 6.07 Å². The smallest absolute Gasteiger partial charge is 0.133 e. The molecule has 3 nitrogen and oxygen atoms in total. The van der Waals surface area contributed by atoms with Gasteiger partial charge < -0.3 is 9.84 Å². The van der Waals surface area contributed by atoms with Crippen LogP contribution in [0.2, 0.25) is 0 Å². The number of ether oxygens (including phenoxy) is 1. The van der Waals surface area contributed by atoms with Crippen molar-refractivity contribution < 1.29 is 9.84 Å². The van der Waals surface area contributed by atoms with Crippen molar-refractivity contribution >= 4 is 0 Å². The molecule has 3 atom stereocenters. The Morgan fingerprint density at radius 1 is 1.37 bits per heavy atom. The molecule has 3 unspecified atom stereocenters. The zero-order valence-electron chi connectivity index (χ0n) is 11.8. The fourth-order valence-electron chi connectivity index (χ4n) is 3.34. The maximum atomic E-state index is 9.37. The van der Waals surface area contributed by atoms with Crippen molar-refractivity contribution in [2.45, 2.75) is 45.3 Å². The van der Waals surface area contributed by atoms with Crippen LogP contribution in [0, 0.1) is 11.8 Å². The van der Waals surface area contributed by atoms with Crippen molar-refractivity contribution in [3.63, 3.8) is 0 Å². The lowest BCUT2D eigenvalue weighted by Crippen LogP contribution is -2.45. The van der Waals surface area contributed by atoms with E-state index < -0.39 is 0 Å². The molecule has 0 saturated carbocycles. The second-order valence-corrected chi connectivity index (χ2v) is 6.31. The summed E-state index contributed by atoms with van der Waals surface area (Å²) >= 11 is 0. The van der Waals surface area contributed by atoms with Gasteiger partial charge in [0.2, 0.25) is 0 Å². The molecule has 1 aromatic heterocycles. The van der Waals surface area contributed by atoms with Crippen molar-refractivity contribution in [3.8, 4) is 5.75 Å². The summed E-state index contributed by atoms with van der Waals surface area (Å²) in [7, 11) is 0. The highest BCUT2D eigenvalue weighted by molar-refractivity contribution is 5.24. The van der Waals surface area contributed by atoms with Gasteiger partial charge in [0.1, 0.15) is 11.9 Å².